The van der Waals surface area contributed by atoms with Crippen LogP contribution in [-0.4, -0.2) is 47.5 Å². The molecule has 1 saturated heterocycles. The molecule has 3 N–H and O–H groups in total. The lowest BCUT2D eigenvalue weighted by atomic mass is 9.66. The molecule has 2 aliphatic rings. The van der Waals surface area contributed by atoms with Crippen LogP contribution in [0.1, 0.15) is 29.4 Å². The molecule has 1 aromatic heterocycles. The van der Waals surface area contributed by atoms with Crippen molar-refractivity contribution >= 4 is 17.4 Å². The first kappa shape index (κ1) is 25.2. The van der Waals surface area contributed by atoms with Crippen molar-refractivity contribution in [3.05, 3.63) is 47.7 Å². The van der Waals surface area contributed by atoms with Crippen LogP contribution in [0.3, 0.4) is 0 Å². The van der Waals surface area contributed by atoms with Crippen LogP contribution in [0.15, 0.2) is 35.6 Å². The van der Waals surface area contributed by atoms with Crippen LogP contribution in [-0.2, 0) is 10.3 Å². The third-order valence-corrected chi connectivity index (χ3v) is 6.30. The van der Waals surface area contributed by atoms with Crippen LogP contribution < -0.4 is 15.8 Å². The monoisotopic (exact) mass is 510 g/mol. The zero-order chi connectivity index (χ0) is 26.3. The number of amides is 1. The second-order valence-electron chi connectivity index (χ2n) is 8.59. The molecule has 14 heteroatoms. The number of nitrogens with one attached hydrogen (secondary N) is 1. The molecule has 36 heavy (non-hydrogen) atoms. The summed E-state index contributed by atoms with van der Waals surface area (Å²) < 4.78 is 78.3. The number of nitriles is 1. The Morgan fingerprint density at radius 3 is 2.72 bits per heavy atom. The van der Waals surface area contributed by atoms with Crippen LogP contribution in [0.5, 0.6) is 5.88 Å². The summed E-state index contributed by atoms with van der Waals surface area (Å²) in [6, 6.07) is 5.20. The van der Waals surface area contributed by atoms with Gasteiger partial charge in [-0.15, -0.1) is 0 Å². The SMILES string of the molecule is C[C@@]1(C#N)C[C@@H]2C(C(F)(F)F)OC[C@]2(c2cc(NC(=O)c3cnc(OCF)cn3)ccc2F)N=C1N. The second-order valence-corrected chi connectivity index (χ2v) is 8.59. The second kappa shape index (κ2) is 8.98. The number of rotatable bonds is 5. The highest BCUT2D eigenvalue weighted by Gasteiger charge is 2.64. The summed E-state index contributed by atoms with van der Waals surface area (Å²) >= 11 is 0. The molecule has 4 rings (SSSR count). The molecule has 0 radical (unpaired) electrons. The number of hydrogen-bond acceptors (Lipinski definition) is 8. The van der Waals surface area contributed by atoms with Gasteiger partial charge >= 0.3 is 6.18 Å². The van der Waals surface area contributed by atoms with Gasteiger partial charge in [-0.05, 0) is 31.5 Å². The van der Waals surface area contributed by atoms with Gasteiger partial charge in [-0.25, -0.2) is 18.7 Å². The summed E-state index contributed by atoms with van der Waals surface area (Å²) in [5.74, 6) is -3.52. The number of halogens is 5. The number of benzene rings is 1. The van der Waals surface area contributed by atoms with Crippen molar-refractivity contribution in [1.29, 1.82) is 5.26 Å². The fraction of sp³-hybridized carbons (Fsp3) is 0.409. The molecular weight excluding hydrogens is 491 g/mol. The maximum atomic E-state index is 15.1. The highest BCUT2D eigenvalue weighted by atomic mass is 19.4. The van der Waals surface area contributed by atoms with Crippen LogP contribution >= 0.6 is 0 Å². The van der Waals surface area contributed by atoms with Gasteiger partial charge in [-0.1, -0.05) is 0 Å². The smallest absolute Gasteiger partial charge is 0.415 e. The lowest BCUT2D eigenvalue weighted by Crippen LogP contribution is -2.51. The summed E-state index contributed by atoms with van der Waals surface area (Å²) in [6.45, 7) is -0.417. The number of nitrogens with two attached hydrogens (primary N) is 1. The zero-order valence-corrected chi connectivity index (χ0v) is 18.6. The molecule has 1 unspecified atom stereocenters. The van der Waals surface area contributed by atoms with Gasteiger partial charge in [0.15, 0.2) is 6.10 Å². The molecule has 1 aromatic carbocycles. The topological polar surface area (TPSA) is 136 Å². The minimum atomic E-state index is -4.80. The molecule has 0 spiro atoms. The van der Waals surface area contributed by atoms with Gasteiger partial charge < -0.3 is 20.5 Å². The Kier molecular flexibility index (Phi) is 6.29. The van der Waals surface area contributed by atoms with Crippen molar-refractivity contribution in [2.45, 2.75) is 31.2 Å². The first-order valence-electron chi connectivity index (χ1n) is 10.5. The van der Waals surface area contributed by atoms with Crippen molar-refractivity contribution < 1.29 is 36.2 Å². The van der Waals surface area contributed by atoms with Gasteiger partial charge in [0, 0.05) is 17.2 Å². The molecular formula is C22H19F5N6O3. The first-order valence-corrected chi connectivity index (χ1v) is 10.5. The van der Waals surface area contributed by atoms with Gasteiger partial charge in [-0.2, -0.15) is 18.4 Å². The van der Waals surface area contributed by atoms with Gasteiger partial charge in [0.2, 0.25) is 12.7 Å². The van der Waals surface area contributed by atoms with Gasteiger partial charge in [-0.3, -0.25) is 9.79 Å². The van der Waals surface area contributed by atoms with E-state index in [2.05, 4.69) is 25.0 Å². The van der Waals surface area contributed by atoms with Crippen LogP contribution in [0.25, 0.3) is 0 Å². The Balaban J connectivity index is 1.72. The molecule has 0 bridgehead atoms. The van der Waals surface area contributed by atoms with Crippen molar-refractivity contribution in [3.63, 3.8) is 0 Å². The van der Waals surface area contributed by atoms with E-state index in [1.54, 1.807) is 0 Å². The van der Waals surface area contributed by atoms with Crippen LogP contribution in [0.2, 0.25) is 0 Å². The maximum Gasteiger partial charge on any atom is 0.415 e. The first-order chi connectivity index (χ1) is 16.9. The zero-order valence-electron chi connectivity index (χ0n) is 18.6. The number of aliphatic imine (C=N–C) groups is 1. The Labute approximate surface area is 201 Å². The number of carbonyl (C=O) groups excluding carboxylic acids is 1. The van der Waals surface area contributed by atoms with E-state index in [9.17, 15) is 27.6 Å². The Hall–Kier alpha value is -3.86. The van der Waals surface area contributed by atoms with E-state index >= 15 is 4.39 Å². The largest absolute Gasteiger partial charge is 0.445 e. The molecule has 190 valence electrons. The van der Waals surface area contributed by atoms with Gasteiger partial charge in [0.1, 0.15) is 28.3 Å². The van der Waals surface area contributed by atoms with E-state index in [0.29, 0.717) is 0 Å². The number of fused-ring (bicyclic) bond motifs is 1. The highest BCUT2D eigenvalue weighted by molar-refractivity contribution is 6.02. The van der Waals surface area contributed by atoms with E-state index in [0.717, 1.165) is 24.5 Å². The summed E-state index contributed by atoms with van der Waals surface area (Å²) in [5, 5.41) is 12.0. The molecule has 9 nitrogen and oxygen atoms in total. The van der Waals surface area contributed by atoms with Crippen molar-refractivity contribution in [2.75, 3.05) is 18.8 Å². The van der Waals surface area contributed by atoms with Gasteiger partial charge in [0.25, 0.3) is 5.91 Å². The van der Waals surface area contributed by atoms with E-state index in [1.807, 2.05) is 6.07 Å². The fourth-order valence-electron chi connectivity index (χ4n) is 4.42. The van der Waals surface area contributed by atoms with E-state index < -0.39 is 54.3 Å². The number of amidine groups is 1. The summed E-state index contributed by atoms with van der Waals surface area (Å²) in [7, 11) is 0. The summed E-state index contributed by atoms with van der Waals surface area (Å²) in [6.07, 6.45) is -5.44. The molecule has 4 atom stereocenters. The standard InChI is InChI=1S/C22H19F5N6O3/c1-20(8-28)5-13-17(22(25,26)27)35-9-21(13,33-19(20)29)12-4-11(2-3-14(12)24)32-18(34)15-6-31-16(7-30-15)36-10-23/h2-4,6-7,13,17H,5,9-10H2,1H3,(H2,29,33)(H,32,34)/t13-,17?,20+,21-/m1/s1. The molecule has 0 aliphatic carbocycles. The summed E-state index contributed by atoms with van der Waals surface area (Å²) in [5.41, 5.74) is 2.15. The number of ether oxygens (including phenoxy) is 2. The van der Waals surface area contributed by atoms with E-state index in [-0.39, 0.29) is 35.1 Å². The number of carbonyl (C=O) groups is 1. The minimum absolute atomic E-state index is 0.0215. The lowest BCUT2D eigenvalue weighted by molar-refractivity contribution is -0.218. The highest BCUT2D eigenvalue weighted by Crippen LogP contribution is 2.55. The molecule has 2 aromatic rings. The molecule has 1 fully saturated rings. The average molecular weight is 510 g/mol. The molecule has 1 amide bonds. The fourth-order valence-corrected chi connectivity index (χ4v) is 4.42. The quantitative estimate of drug-likeness (QED) is 0.590. The summed E-state index contributed by atoms with van der Waals surface area (Å²) in [4.78, 5) is 24.3. The predicted molar refractivity (Wildman–Crippen MR) is 114 cm³/mol. The minimum Gasteiger partial charge on any atom is -0.445 e. The number of hydrogen-bond donors (Lipinski definition) is 2. The third-order valence-electron chi connectivity index (χ3n) is 6.30. The third kappa shape index (κ3) is 4.30. The number of nitrogens with zero attached hydrogens (tertiary/aromatic N) is 4. The molecule has 3 heterocycles. The molecule has 2 aliphatic heterocycles. The van der Waals surface area contributed by atoms with Crippen LogP contribution in [0, 0.1) is 28.5 Å². The van der Waals surface area contributed by atoms with E-state index in [1.165, 1.54) is 13.0 Å². The average Bonchev–Trinajstić information content (AvgIpc) is 3.20. The number of anilines is 1. The number of alkyl halides is 4. The Morgan fingerprint density at radius 2 is 2.11 bits per heavy atom. The predicted octanol–water partition coefficient (Wildman–Crippen LogP) is 3.24. The lowest BCUT2D eigenvalue weighted by Gasteiger charge is -2.42. The van der Waals surface area contributed by atoms with Crippen molar-refractivity contribution in [3.8, 4) is 11.9 Å². The maximum absolute atomic E-state index is 15.1. The number of aromatic nitrogens is 2. The van der Waals surface area contributed by atoms with E-state index in [4.69, 9.17) is 10.5 Å². The van der Waals surface area contributed by atoms with Crippen LogP contribution in [0.4, 0.5) is 27.6 Å². The van der Waals surface area contributed by atoms with Crippen molar-refractivity contribution in [1.82, 2.24) is 9.97 Å². The van der Waals surface area contributed by atoms with Crippen molar-refractivity contribution in [2.24, 2.45) is 22.1 Å². The Bertz CT molecular complexity index is 1250. The van der Waals surface area contributed by atoms with Gasteiger partial charge in [0.05, 0.1) is 25.1 Å². The normalized spacial score (nSPS) is 27.5. The Morgan fingerprint density at radius 1 is 1.36 bits per heavy atom. The molecule has 0 saturated carbocycles.